The second-order valence-electron chi connectivity index (χ2n) is 5.09. The second kappa shape index (κ2) is 7.53. The van der Waals surface area contributed by atoms with Crippen molar-refractivity contribution in [1.29, 1.82) is 0 Å². The van der Waals surface area contributed by atoms with E-state index >= 15 is 0 Å². The van der Waals surface area contributed by atoms with E-state index in [1.807, 2.05) is 30.3 Å². The van der Waals surface area contributed by atoms with Crippen molar-refractivity contribution < 1.29 is 4.79 Å². The van der Waals surface area contributed by atoms with Crippen molar-refractivity contribution in [2.24, 2.45) is 10.7 Å². The lowest BCUT2D eigenvalue weighted by Gasteiger charge is -2.22. The summed E-state index contributed by atoms with van der Waals surface area (Å²) in [4.78, 5) is 15.8. The van der Waals surface area contributed by atoms with Gasteiger partial charge in [0.05, 0.1) is 0 Å². The summed E-state index contributed by atoms with van der Waals surface area (Å²) in [6, 6.07) is 9.84. The van der Waals surface area contributed by atoms with Crippen LogP contribution in [0.5, 0.6) is 0 Å². The van der Waals surface area contributed by atoms with Crippen LogP contribution in [0.4, 0.5) is 5.69 Å². The van der Waals surface area contributed by atoms with E-state index in [0.717, 1.165) is 18.5 Å². The van der Waals surface area contributed by atoms with E-state index in [2.05, 4.69) is 15.6 Å². The van der Waals surface area contributed by atoms with Crippen molar-refractivity contribution in [2.45, 2.75) is 38.1 Å². The fourth-order valence-corrected chi connectivity index (χ4v) is 2.39. The number of carbonyl (C=O) groups is 1. The summed E-state index contributed by atoms with van der Waals surface area (Å²) < 4.78 is 0. The Hall–Kier alpha value is -2.04. The van der Waals surface area contributed by atoms with E-state index in [-0.39, 0.29) is 18.4 Å². The van der Waals surface area contributed by atoms with Gasteiger partial charge < -0.3 is 16.4 Å². The van der Waals surface area contributed by atoms with Gasteiger partial charge in [-0.05, 0) is 25.0 Å². The molecule has 0 spiro atoms. The van der Waals surface area contributed by atoms with Gasteiger partial charge >= 0.3 is 0 Å². The molecule has 0 atom stereocenters. The minimum atomic E-state index is -0.0605. The van der Waals surface area contributed by atoms with Gasteiger partial charge in [0, 0.05) is 11.7 Å². The van der Waals surface area contributed by atoms with E-state index < -0.39 is 0 Å². The molecule has 0 bridgehead atoms. The van der Waals surface area contributed by atoms with Gasteiger partial charge in [0.25, 0.3) is 0 Å². The number of nitrogens with one attached hydrogen (secondary N) is 2. The number of hydrogen-bond acceptors (Lipinski definition) is 2. The molecule has 1 aliphatic carbocycles. The average Bonchev–Trinajstić information content (AvgIpc) is 2.47. The van der Waals surface area contributed by atoms with Crippen LogP contribution in [0.15, 0.2) is 35.3 Å². The standard InChI is InChI=1S/C15H22N4O/c16-15(19-13-9-5-2-6-10-13)17-11-14(20)18-12-7-3-1-4-8-12/h2,5-6,9-10,12H,1,3-4,7-8,11H2,(H,18,20)(H3,16,17,19). The molecule has 0 heterocycles. The summed E-state index contributed by atoms with van der Waals surface area (Å²) in [5.74, 6) is 0.199. The molecule has 1 saturated carbocycles. The van der Waals surface area contributed by atoms with E-state index in [0.29, 0.717) is 6.04 Å². The molecule has 1 fully saturated rings. The smallest absolute Gasteiger partial charge is 0.242 e. The van der Waals surface area contributed by atoms with Crippen LogP contribution in [0.2, 0.25) is 0 Å². The molecule has 1 aliphatic rings. The summed E-state index contributed by atoms with van der Waals surface area (Å²) >= 11 is 0. The van der Waals surface area contributed by atoms with Crippen LogP contribution in [0.25, 0.3) is 0 Å². The Morgan fingerprint density at radius 3 is 2.60 bits per heavy atom. The Morgan fingerprint density at radius 2 is 1.90 bits per heavy atom. The normalized spacial score (nSPS) is 16.7. The van der Waals surface area contributed by atoms with Crippen molar-refractivity contribution in [1.82, 2.24) is 5.32 Å². The predicted octanol–water partition coefficient (Wildman–Crippen LogP) is 1.86. The Kier molecular flexibility index (Phi) is 5.41. The van der Waals surface area contributed by atoms with Crippen LogP contribution in [0.3, 0.4) is 0 Å². The molecule has 0 aromatic heterocycles. The second-order valence-corrected chi connectivity index (χ2v) is 5.09. The molecular weight excluding hydrogens is 252 g/mol. The molecule has 108 valence electrons. The maximum Gasteiger partial charge on any atom is 0.242 e. The number of benzene rings is 1. The van der Waals surface area contributed by atoms with Gasteiger partial charge in [0.2, 0.25) is 5.91 Å². The molecule has 0 radical (unpaired) electrons. The van der Waals surface area contributed by atoms with Crippen LogP contribution in [0, 0.1) is 0 Å². The first-order valence-corrected chi connectivity index (χ1v) is 7.15. The van der Waals surface area contributed by atoms with Crippen molar-refractivity contribution in [2.75, 3.05) is 11.9 Å². The lowest BCUT2D eigenvalue weighted by Crippen LogP contribution is -2.38. The molecule has 4 N–H and O–H groups in total. The molecule has 1 aromatic carbocycles. The fourth-order valence-electron chi connectivity index (χ4n) is 2.39. The van der Waals surface area contributed by atoms with E-state index in [1.54, 1.807) is 0 Å². The zero-order valence-electron chi connectivity index (χ0n) is 11.6. The number of amides is 1. The summed E-state index contributed by atoms with van der Waals surface area (Å²) in [7, 11) is 0. The lowest BCUT2D eigenvalue weighted by atomic mass is 9.95. The Labute approximate surface area is 119 Å². The molecular formula is C15H22N4O. The summed E-state index contributed by atoms with van der Waals surface area (Å²) in [6.07, 6.45) is 5.83. The first-order chi connectivity index (χ1) is 9.74. The Balaban J connectivity index is 1.74. The maximum atomic E-state index is 11.8. The number of nitrogens with zero attached hydrogens (tertiary/aromatic N) is 1. The van der Waals surface area contributed by atoms with Gasteiger partial charge in [-0.25, -0.2) is 4.99 Å². The Morgan fingerprint density at radius 1 is 1.20 bits per heavy atom. The summed E-state index contributed by atoms with van der Waals surface area (Å²) in [5, 5.41) is 5.96. The third-order valence-electron chi connectivity index (χ3n) is 3.41. The maximum absolute atomic E-state index is 11.8. The molecule has 2 rings (SSSR count). The fraction of sp³-hybridized carbons (Fsp3) is 0.467. The van der Waals surface area contributed by atoms with Crippen LogP contribution in [-0.2, 0) is 4.79 Å². The highest BCUT2D eigenvalue weighted by atomic mass is 16.1. The number of aliphatic imine (C=N–C) groups is 1. The van der Waals surface area contributed by atoms with Crippen molar-refractivity contribution in [3.63, 3.8) is 0 Å². The van der Waals surface area contributed by atoms with Gasteiger partial charge in [-0.15, -0.1) is 0 Å². The van der Waals surface area contributed by atoms with Gasteiger partial charge in [-0.2, -0.15) is 0 Å². The number of para-hydroxylation sites is 1. The number of nitrogens with two attached hydrogens (primary N) is 1. The number of carbonyl (C=O) groups excluding carboxylic acids is 1. The van der Waals surface area contributed by atoms with E-state index in [1.165, 1.54) is 19.3 Å². The molecule has 1 aromatic rings. The summed E-state index contributed by atoms with van der Waals surface area (Å²) in [5.41, 5.74) is 6.61. The molecule has 5 nitrogen and oxygen atoms in total. The molecule has 20 heavy (non-hydrogen) atoms. The first-order valence-electron chi connectivity index (χ1n) is 7.15. The lowest BCUT2D eigenvalue weighted by molar-refractivity contribution is -0.120. The van der Waals surface area contributed by atoms with Crippen molar-refractivity contribution in [3.05, 3.63) is 30.3 Å². The monoisotopic (exact) mass is 274 g/mol. The van der Waals surface area contributed by atoms with Crippen LogP contribution < -0.4 is 16.4 Å². The average molecular weight is 274 g/mol. The highest BCUT2D eigenvalue weighted by Gasteiger charge is 2.15. The summed E-state index contributed by atoms with van der Waals surface area (Å²) in [6.45, 7) is 0.0716. The molecule has 1 amide bonds. The number of anilines is 1. The quantitative estimate of drug-likeness (QED) is 0.579. The largest absolute Gasteiger partial charge is 0.370 e. The third kappa shape index (κ3) is 4.91. The van der Waals surface area contributed by atoms with Crippen molar-refractivity contribution >= 4 is 17.6 Å². The van der Waals surface area contributed by atoms with Crippen molar-refractivity contribution in [3.8, 4) is 0 Å². The highest BCUT2D eigenvalue weighted by molar-refractivity contribution is 5.93. The number of rotatable bonds is 4. The highest BCUT2D eigenvalue weighted by Crippen LogP contribution is 2.17. The van der Waals surface area contributed by atoms with Crippen LogP contribution in [-0.4, -0.2) is 24.5 Å². The zero-order valence-corrected chi connectivity index (χ0v) is 11.6. The first kappa shape index (κ1) is 14.4. The molecule has 5 heteroatoms. The van der Waals surface area contributed by atoms with E-state index in [4.69, 9.17) is 5.73 Å². The van der Waals surface area contributed by atoms with E-state index in [9.17, 15) is 4.79 Å². The topological polar surface area (TPSA) is 79.5 Å². The van der Waals surface area contributed by atoms with Gasteiger partial charge in [-0.3, -0.25) is 4.79 Å². The minimum absolute atomic E-state index is 0.0605. The molecule has 0 unspecified atom stereocenters. The van der Waals surface area contributed by atoms with Gasteiger partial charge in [-0.1, -0.05) is 37.5 Å². The number of hydrogen-bond donors (Lipinski definition) is 3. The van der Waals surface area contributed by atoms with Gasteiger partial charge in [0.1, 0.15) is 6.54 Å². The SMILES string of the molecule is NC(=NCC(=O)NC1CCCCC1)Nc1ccccc1. The molecule has 0 aliphatic heterocycles. The van der Waals surface area contributed by atoms with Crippen LogP contribution in [0.1, 0.15) is 32.1 Å². The predicted molar refractivity (Wildman–Crippen MR) is 81.6 cm³/mol. The minimum Gasteiger partial charge on any atom is -0.370 e. The Bertz CT molecular complexity index is 452. The van der Waals surface area contributed by atoms with Crippen LogP contribution >= 0.6 is 0 Å². The zero-order chi connectivity index (χ0) is 14.2. The number of guanidine groups is 1. The third-order valence-corrected chi connectivity index (χ3v) is 3.41. The molecule has 0 saturated heterocycles. The van der Waals surface area contributed by atoms with Gasteiger partial charge in [0.15, 0.2) is 5.96 Å².